The zero-order valence-electron chi connectivity index (χ0n) is 9.87. The predicted molar refractivity (Wildman–Crippen MR) is 70.1 cm³/mol. The minimum absolute atomic E-state index is 0.662. The largest absolute Gasteiger partial charge is 0.393 e. The lowest BCUT2D eigenvalue weighted by molar-refractivity contribution is 0.189. The molecule has 0 radical (unpaired) electrons. The van der Waals surface area contributed by atoms with Crippen molar-refractivity contribution >= 4 is 17.2 Å². The Morgan fingerprint density at radius 2 is 1.93 bits per heavy atom. The van der Waals surface area contributed by atoms with E-state index < -0.39 is 0 Å². The van der Waals surface area contributed by atoms with Gasteiger partial charge in [-0.15, -0.1) is 0 Å². The highest BCUT2D eigenvalue weighted by Gasteiger charge is 2.16. The molecule has 0 aromatic rings. The summed E-state index contributed by atoms with van der Waals surface area (Å²) in [7, 11) is 2.26. The maximum Gasteiger partial charge on any atom is 0.0727 e. The lowest BCUT2D eigenvalue weighted by atomic mass is 9.94. The number of unbranched alkanes of at least 4 members (excludes halogenated alkanes) is 1. The van der Waals surface area contributed by atoms with E-state index in [1.54, 1.807) is 0 Å². The molecule has 3 heteroatoms. The van der Waals surface area contributed by atoms with Gasteiger partial charge in [-0.3, -0.25) is 0 Å². The Morgan fingerprint density at radius 3 is 2.53 bits per heavy atom. The third-order valence-electron chi connectivity index (χ3n) is 3.38. The molecule has 1 rings (SSSR count). The van der Waals surface area contributed by atoms with Crippen molar-refractivity contribution in [3.63, 3.8) is 0 Å². The predicted octanol–water partition coefficient (Wildman–Crippen LogP) is 2.71. The van der Waals surface area contributed by atoms with Crippen molar-refractivity contribution in [2.45, 2.75) is 57.4 Å². The molecule has 0 saturated heterocycles. The molecule has 0 atom stereocenters. The lowest BCUT2D eigenvalue weighted by Crippen LogP contribution is -2.34. The standard InChI is InChI=1S/C12H24N2S/c1-14(10-6-5-9-12(13)15)11-7-3-2-4-8-11/h11H,2-10H2,1H3,(H2,13,15). The maximum absolute atomic E-state index is 5.47. The molecule has 0 spiro atoms. The summed E-state index contributed by atoms with van der Waals surface area (Å²) in [6.45, 7) is 1.20. The van der Waals surface area contributed by atoms with Crippen LogP contribution in [0.3, 0.4) is 0 Å². The summed E-state index contributed by atoms with van der Waals surface area (Å²) in [5.74, 6) is 0. The van der Waals surface area contributed by atoms with Crippen molar-refractivity contribution in [1.29, 1.82) is 0 Å². The van der Waals surface area contributed by atoms with Crippen LogP contribution in [0.5, 0.6) is 0 Å². The molecule has 88 valence electrons. The molecule has 1 aliphatic carbocycles. The van der Waals surface area contributed by atoms with Crippen molar-refractivity contribution in [2.75, 3.05) is 13.6 Å². The molecule has 15 heavy (non-hydrogen) atoms. The van der Waals surface area contributed by atoms with Gasteiger partial charge in [-0.25, -0.2) is 0 Å². The fourth-order valence-electron chi connectivity index (χ4n) is 2.36. The number of hydrogen-bond acceptors (Lipinski definition) is 2. The monoisotopic (exact) mass is 228 g/mol. The van der Waals surface area contributed by atoms with Crippen molar-refractivity contribution in [3.05, 3.63) is 0 Å². The van der Waals surface area contributed by atoms with E-state index in [4.69, 9.17) is 18.0 Å². The lowest BCUT2D eigenvalue weighted by Gasteiger charge is -2.31. The Labute approximate surface area is 99.2 Å². The molecule has 1 saturated carbocycles. The van der Waals surface area contributed by atoms with Gasteiger partial charge in [-0.2, -0.15) is 0 Å². The highest BCUT2D eigenvalue weighted by Crippen LogP contribution is 2.21. The van der Waals surface area contributed by atoms with E-state index in [0.29, 0.717) is 4.99 Å². The van der Waals surface area contributed by atoms with Gasteiger partial charge in [0.2, 0.25) is 0 Å². The van der Waals surface area contributed by atoms with Crippen LogP contribution in [0.15, 0.2) is 0 Å². The van der Waals surface area contributed by atoms with Crippen LogP contribution in [0.1, 0.15) is 51.4 Å². The molecule has 0 aromatic carbocycles. The van der Waals surface area contributed by atoms with E-state index in [0.717, 1.165) is 18.9 Å². The second-order valence-electron chi connectivity index (χ2n) is 4.70. The van der Waals surface area contributed by atoms with Gasteiger partial charge >= 0.3 is 0 Å². The Bertz CT molecular complexity index is 188. The van der Waals surface area contributed by atoms with Gasteiger partial charge < -0.3 is 10.6 Å². The third-order valence-corrected chi connectivity index (χ3v) is 3.59. The van der Waals surface area contributed by atoms with E-state index in [1.165, 1.54) is 45.1 Å². The van der Waals surface area contributed by atoms with Gasteiger partial charge in [0.25, 0.3) is 0 Å². The summed E-state index contributed by atoms with van der Waals surface area (Å²) >= 11 is 4.86. The quantitative estimate of drug-likeness (QED) is 0.560. The van der Waals surface area contributed by atoms with Crippen LogP contribution in [0.2, 0.25) is 0 Å². The van der Waals surface area contributed by atoms with E-state index in [9.17, 15) is 0 Å². The van der Waals surface area contributed by atoms with Gasteiger partial charge in [0.1, 0.15) is 0 Å². The molecule has 2 nitrogen and oxygen atoms in total. The fraction of sp³-hybridized carbons (Fsp3) is 0.917. The highest BCUT2D eigenvalue weighted by atomic mass is 32.1. The Morgan fingerprint density at radius 1 is 1.27 bits per heavy atom. The molecule has 0 amide bonds. The van der Waals surface area contributed by atoms with Crippen molar-refractivity contribution < 1.29 is 0 Å². The van der Waals surface area contributed by atoms with Crippen molar-refractivity contribution in [1.82, 2.24) is 4.90 Å². The number of rotatable bonds is 6. The van der Waals surface area contributed by atoms with E-state index in [-0.39, 0.29) is 0 Å². The van der Waals surface area contributed by atoms with Gasteiger partial charge in [-0.05, 0) is 45.7 Å². The fourth-order valence-corrected chi connectivity index (χ4v) is 2.51. The Kier molecular flexibility index (Phi) is 6.18. The first-order chi connectivity index (χ1) is 7.20. The second-order valence-corrected chi connectivity index (χ2v) is 5.22. The molecule has 0 aliphatic heterocycles. The van der Waals surface area contributed by atoms with E-state index in [1.807, 2.05) is 0 Å². The molecule has 1 aliphatic rings. The second kappa shape index (κ2) is 7.18. The highest BCUT2D eigenvalue weighted by molar-refractivity contribution is 7.80. The van der Waals surface area contributed by atoms with Gasteiger partial charge in [-0.1, -0.05) is 31.5 Å². The van der Waals surface area contributed by atoms with Crippen LogP contribution in [0, 0.1) is 0 Å². The van der Waals surface area contributed by atoms with Crippen LogP contribution < -0.4 is 5.73 Å². The summed E-state index contributed by atoms with van der Waals surface area (Å²) in [4.78, 5) is 3.19. The molecular formula is C12H24N2S. The Hall–Kier alpha value is -0.150. The minimum Gasteiger partial charge on any atom is -0.393 e. The molecule has 0 aromatic heterocycles. The summed E-state index contributed by atoms with van der Waals surface area (Å²) in [6, 6.07) is 0.837. The number of nitrogens with zero attached hydrogens (tertiary/aromatic N) is 1. The molecule has 1 fully saturated rings. The van der Waals surface area contributed by atoms with Crippen LogP contribution in [-0.2, 0) is 0 Å². The van der Waals surface area contributed by atoms with Gasteiger partial charge in [0.15, 0.2) is 0 Å². The van der Waals surface area contributed by atoms with Gasteiger partial charge in [0, 0.05) is 6.04 Å². The minimum atomic E-state index is 0.662. The van der Waals surface area contributed by atoms with Crippen LogP contribution in [0.4, 0.5) is 0 Å². The molecule has 0 bridgehead atoms. The zero-order chi connectivity index (χ0) is 11.1. The zero-order valence-corrected chi connectivity index (χ0v) is 10.7. The van der Waals surface area contributed by atoms with Crippen LogP contribution >= 0.6 is 12.2 Å². The summed E-state index contributed by atoms with van der Waals surface area (Å²) in [6.07, 6.45) is 10.3. The smallest absolute Gasteiger partial charge is 0.0727 e. The topological polar surface area (TPSA) is 29.3 Å². The van der Waals surface area contributed by atoms with E-state index in [2.05, 4.69) is 11.9 Å². The van der Waals surface area contributed by atoms with Crippen LogP contribution in [-0.4, -0.2) is 29.5 Å². The SMILES string of the molecule is CN(CCCCC(N)=S)C1CCCCC1. The summed E-state index contributed by atoms with van der Waals surface area (Å²) < 4.78 is 0. The molecule has 0 heterocycles. The molecule has 2 N–H and O–H groups in total. The molecule has 0 unspecified atom stereocenters. The third kappa shape index (κ3) is 5.47. The van der Waals surface area contributed by atoms with Crippen LogP contribution in [0.25, 0.3) is 0 Å². The van der Waals surface area contributed by atoms with E-state index >= 15 is 0 Å². The number of hydrogen-bond donors (Lipinski definition) is 1. The normalized spacial score (nSPS) is 18.3. The maximum atomic E-state index is 5.47. The first kappa shape index (κ1) is 12.9. The number of nitrogens with two attached hydrogens (primary N) is 1. The summed E-state index contributed by atoms with van der Waals surface area (Å²) in [5.41, 5.74) is 5.47. The average Bonchev–Trinajstić information content (AvgIpc) is 2.25. The number of thiocarbonyl (C=S) groups is 1. The molecular weight excluding hydrogens is 204 g/mol. The van der Waals surface area contributed by atoms with Gasteiger partial charge in [0.05, 0.1) is 4.99 Å². The van der Waals surface area contributed by atoms with Crippen molar-refractivity contribution in [3.8, 4) is 0 Å². The summed E-state index contributed by atoms with van der Waals surface area (Å²) in [5, 5.41) is 0. The average molecular weight is 228 g/mol. The van der Waals surface area contributed by atoms with Crippen molar-refractivity contribution in [2.24, 2.45) is 5.73 Å². The first-order valence-electron chi connectivity index (χ1n) is 6.18. The Balaban J connectivity index is 2.06. The first-order valence-corrected chi connectivity index (χ1v) is 6.59.